The van der Waals surface area contributed by atoms with E-state index in [2.05, 4.69) is 24.4 Å². The molecule has 2 N–H and O–H groups in total. The monoisotopic (exact) mass is 331 g/mol. The summed E-state index contributed by atoms with van der Waals surface area (Å²) in [5.41, 5.74) is 3.50. The average molecular weight is 331 g/mol. The molecule has 1 unspecified atom stereocenters. The van der Waals surface area contributed by atoms with Gasteiger partial charge in [0.1, 0.15) is 0 Å². The highest BCUT2D eigenvalue weighted by Crippen LogP contribution is 2.32. The minimum atomic E-state index is 0.276. The van der Waals surface area contributed by atoms with Crippen LogP contribution in [0.4, 0.5) is 0 Å². The molecule has 0 saturated carbocycles. The molecule has 0 amide bonds. The second kappa shape index (κ2) is 8.78. The molecule has 0 radical (unpaired) electrons. The summed E-state index contributed by atoms with van der Waals surface area (Å²) in [6.45, 7) is 5.14. The lowest BCUT2D eigenvalue weighted by Gasteiger charge is -2.21. The molecule has 0 aromatic heterocycles. The van der Waals surface area contributed by atoms with E-state index < -0.39 is 0 Å². The molecule has 0 heterocycles. The summed E-state index contributed by atoms with van der Waals surface area (Å²) in [5.74, 6) is 1.87. The molecule has 0 aliphatic heterocycles. The predicted octanol–water partition coefficient (Wildman–Crippen LogP) is 3.87. The number of allylic oxidation sites excluding steroid dienone is 3. The van der Waals surface area contributed by atoms with Gasteiger partial charge in [-0.1, -0.05) is 17.7 Å². The van der Waals surface area contributed by atoms with Gasteiger partial charge in [-0.05, 0) is 57.4 Å². The van der Waals surface area contributed by atoms with Crippen LogP contribution in [0.25, 0.3) is 0 Å². The van der Waals surface area contributed by atoms with E-state index in [9.17, 15) is 5.11 Å². The molecule has 4 heteroatoms. The Kier molecular flexibility index (Phi) is 6.73. The van der Waals surface area contributed by atoms with Crippen molar-refractivity contribution in [2.45, 2.75) is 45.6 Å². The van der Waals surface area contributed by atoms with Crippen molar-refractivity contribution >= 4 is 0 Å². The Morgan fingerprint density at radius 1 is 1.17 bits per heavy atom. The van der Waals surface area contributed by atoms with Crippen molar-refractivity contribution < 1.29 is 14.6 Å². The molecule has 2 rings (SSSR count). The van der Waals surface area contributed by atoms with Crippen LogP contribution in [0.1, 0.15) is 37.3 Å². The fraction of sp³-hybridized carbons (Fsp3) is 0.500. The van der Waals surface area contributed by atoms with Crippen molar-refractivity contribution in [3.05, 3.63) is 46.7 Å². The van der Waals surface area contributed by atoms with Crippen LogP contribution in [0.3, 0.4) is 0 Å². The van der Waals surface area contributed by atoms with E-state index in [0.29, 0.717) is 11.8 Å². The minimum Gasteiger partial charge on any atom is -0.504 e. The first-order chi connectivity index (χ1) is 11.6. The van der Waals surface area contributed by atoms with Gasteiger partial charge in [0, 0.05) is 18.0 Å². The highest BCUT2D eigenvalue weighted by Gasteiger charge is 2.13. The third-order valence-electron chi connectivity index (χ3n) is 4.72. The van der Waals surface area contributed by atoms with E-state index >= 15 is 0 Å². The number of benzene rings is 1. The van der Waals surface area contributed by atoms with Crippen LogP contribution in [-0.2, 0) is 11.2 Å². The summed E-state index contributed by atoms with van der Waals surface area (Å²) in [7, 11) is 3.31. The number of hydrogen-bond donors (Lipinski definition) is 2. The Labute approximate surface area is 145 Å². The molecule has 0 fully saturated rings. The maximum Gasteiger partial charge on any atom is 0.161 e. The third-order valence-corrected chi connectivity index (χ3v) is 4.72. The standard InChI is InChI=1S/C20H29NO3/c1-14-7-12-19(24-4)20(22)18(14)6-5-13-21-15(2)16-8-10-17(23-3)11-9-16/h7-8,10,12,15,21-22H,5-6,9,11,13H2,1-4H3. The molecule has 1 aromatic rings. The zero-order valence-corrected chi connectivity index (χ0v) is 15.2. The Morgan fingerprint density at radius 2 is 1.96 bits per heavy atom. The molecule has 4 nitrogen and oxygen atoms in total. The van der Waals surface area contributed by atoms with Gasteiger partial charge in [0.25, 0.3) is 0 Å². The maximum absolute atomic E-state index is 10.3. The minimum absolute atomic E-state index is 0.276. The van der Waals surface area contributed by atoms with E-state index in [1.165, 1.54) is 5.57 Å². The van der Waals surface area contributed by atoms with Crippen molar-refractivity contribution in [3.63, 3.8) is 0 Å². The van der Waals surface area contributed by atoms with E-state index in [-0.39, 0.29) is 5.75 Å². The van der Waals surface area contributed by atoms with Crippen LogP contribution in [0, 0.1) is 6.92 Å². The van der Waals surface area contributed by atoms with Gasteiger partial charge in [0.2, 0.25) is 0 Å². The van der Waals surface area contributed by atoms with Crippen molar-refractivity contribution in [3.8, 4) is 11.5 Å². The first-order valence-corrected chi connectivity index (χ1v) is 8.59. The molecule has 24 heavy (non-hydrogen) atoms. The molecule has 1 aliphatic carbocycles. The Balaban J connectivity index is 1.83. The summed E-state index contributed by atoms with van der Waals surface area (Å²) in [6.07, 6.45) is 8.06. The average Bonchev–Trinajstić information content (AvgIpc) is 2.61. The van der Waals surface area contributed by atoms with E-state index in [1.54, 1.807) is 14.2 Å². The number of phenols is 1. The molecule has 0 saturated heterocycles. The molecule has 1 aliphatic rings. The fourth-order valence-electron chi connectivity index (χ4n) is 3.08. The second-order valence-electron chi connectivity index (χ2n) is 6.27. The predicted molar refractivity (Wildman–Crippen MR) is 97.6 cm³/mol. The van der Waals surface area contributed by atoms with Crippen LogP contribution < -0.4 is 10.1 Å². The molecule has 0 spiro atoms. The van der Waals surface area contributed by atoms with E-state index in [4.69, 9.17) is 9.47 Å². The lowest BCUT2D eigenvalue weighted by molar-refractivity contribution is 0.274. The van der Waals surface area contributed by atoms with Gasteiger partial charge in [0.15, 0.2) is 11.5 Å². The summed E-state index contributed by atoms with van der Waals surface area (Å²) < 4.78 is 10.5. The van der Waals surface area contributed by atoms with Gasteiger partial charge in [-0.2, -0.15) is 0 Å². The van der Waals surface area contributed by atoms with Crippen LogP contribution in [-0.4, -0.2) is 31.9 Å². The molecule has 0 bridgehead atoms. The Morgan fingerprint density at radius 3 is 2.58 bits per heavy atom. The van der Waals surface area contributed by atoms with Crippen LogP contribution >= 0.6 is 0 Å². The normalized spacial score (nSPS) is 15.5. The van der Waals surface area contributed by atoms with E-state index in [0.717, 1.165) is 49.1 Å². The van der Waals surface area contributed by atoms with Crippen molar-refractivity contribution in [1.29, 1.82) is 0 Å². The van der Waals surface area contributed by atoms with Gasteiger partial charge >= 0.3 is 0 Å². The quantitative estimate of drug-likeness (QED) is 0.710. The lowest BCUT2D eigenvalue weighted by Crippen LogP contribution is -2.29. The summed E-state index contributed by atoms with van der Waals surface area (Å²) >= 11 is 0. The van der Waals surface area contributed by atoms with E-state index in [1.807, 2.05) is 19.1 Å². The Hall–Kier alpha value is -1.94. The molecular weight excluding hydrogens is 302 g/mol. The summed E-state index contributed by atoms with van der Waals surface area (Å²) in [5, 5.41) is 13.8. The van der Waals surface area contributed by atoms with Crippen molar-refractivity contribution in [1.82, 2.24) is 5.32 Å². The fourth-order valence-corrected chi connectivity index (χ4v) is 3.08. The second-order valence-corrected chi connectivity index (χ2v) is 6.27. The molecule has 132 valence electrons. The van der Waals surface area contributed by atoms with Crippen LogP contribution in [0.15, 0.2) is 35.6 Å². The summed E-state index contributed by atoms with van der Waals surface area (Å²) in [6, 6.07) is 4.17. The zero-order chi connectivity index (χ0) is 17.5. The highest BCUT2D eigenvalue weighted by atomic mass is 16.5. The van der Waals surface area contributed by atoms with Crippen LogP contribution in [0.5, 0.6) is 11.5 Å². The SMILES string of the molecule is COC1=CC=C(C(C)NCCCc2c(C)ccc(OC)c2O)CC1. The Bertz CT molecular complexity index is 620. The number of aromatic hydroxyl groups is 1. The van der Waals surface area contributed by atoms with Gasteiger partial charge < -0.3 is 19.9 Å². The van der Waals surface area contributed by atoms with Crippen molar-refractivity contribution in [2.75, 3.05) is 20.8 Å². The lowest BCUT2D eigenvalue weighted by atomic mass is 9.97. The topological polar surface area (TPSA) is 50.7 Å². The molecular formula is C20H29NO3. The van der Waals surface area contributed by atoms with Crippen LogP contribution in [0.2, 0.25) is 0 Å². The number of phenolic OH excluding ortho intramolecular Hbond substituents is 1. The maximum atomic E-state index is 10.3. The highest BCUT2D eigenvalue weighted by molar-refractivity contribution is 5.49. The number of ether oxygens (including phenoxy) is 2. The van der Waals surface area contributed by atoms with Gasteiger partial charge in [0.05, 0.1) is 20.0 Å². The zero-order valence-electron chi connectivity index (χ0n) is 15.2. The van der Waals surface area contributed by atoms with Gasteiger partial charge in [-0.15, -0.1) is 0 Å². The number of nitrogens with one attached hydrogen (secondary N) is 1. The summed E-state index contributed by atoms with van der Waals surface area (Å²) in [4.78, 5) is 0. The number of hydrogen-bond acceptors (Lipinski definition) is 4. The first kappa shape index (κ1) is 18.4. The number of methoxy groups -OCH3 is 2. The number of rotatable bonds is 8. The number of aryl methyl sites for hydroxylation is 1. The molecule has 1 aromatic carbocycles. The van der Waals surface area contributed by atoms with Gasteiger partial charge in [-0.3, -0.25) is 0 Å². The first-order valence-electron chi connectivity index (χ1n) is 8.59. The van der Waals surface area contributed by atoms with Crippen molar-refractivity contribution in [2.24, 2.45) is 0 Å². The smallest absolute Gasteiger partial charge is 0.161 e. The van der Waals surface area contributed by atoms with Gasteiger partial charge in [-0.25, -0.2) is 0 Å². The molecule has 1 atom stereocenters. The third kappa shape index (κ3) is 4.54. The largest absolute Gasteiger partial charge is 0.504 e.